The molecule has 5 aromatic rings. The van der Waals surface area contributed by atoms with Crippen LogP contribution in [0.3, 0.4) is 0 Å². The highest BCUT2D eigenvalue weighted by molar-refractivity contribution is 9.10. The highest BCUT2D eigenvalue weighted by atomic mass is 79.9. The van der Waals surface area contributed by atoms with Gasteiger partial charge in [0.2, 0.25) is 5.95 Å². The first-order chi connectivity index (χ1) is 20.7. The smallest absolute Gasteiger partial charge is 0.229 e. The van der Waals surface area contributed by atoms with Crippen molar-refractivity contribution in [3.8, 4) is 16.9 Å². The number of nitrogens with one attached hydrogen (secondary N) is 2. The lowest BCUT2D eigenvalue weighted by molar-refractivity contribution is 0.122. The summed E-state index contributed by atoms with van der Waals surface area (Å²) >= 11 is 3.58. The van der Waals surface area contributed by atoms with Crippen LogP contribution in [0.5, 0.6) is 5.75 Å². The van der Waals surface area contributed by atoms with Gasteiger partial charge < -0.3 is 29.6 Å². The number of rotatable bonds is 8. The highest BCUT2D eigenvalue weighted by Crippen LogP contribution is 2.43. The monoisotopic (exact) mass is 662 g/mol. The van der Waals surface area contributed by atoms with Gasteiger partial charge in [-0.15, -0.1) is 0 Å². The summed E-state index contributed by atoms with van der Waals surface area (Å²) in [6.45, 7) is 6.41. The van der Waals surface area contributed by atoms with Crippen LogP contribution in [-0.4, -0.2) is 71.5 Å². The van der Waals surface area contributed by atoms with Crippen LogP contribution in [0.25, 0.3) is 22.0 Å². The predicted molar refractivity (Wildman–Crippen MR) is 175 cm³/mol. The molecular weight excluding hydrogens is 631 g/mol. The molecule has 1 fully saturated rings. The zero-order valence-electron chi connectivity index (χ0n) is 24.3. The number of ether oxygens (including phenoxy) is 2. The molecule has 0 bridgehead atoms. The van der Waals surface area contributed by atoms with Crippen LogP contribution in [0.15, 0.2) is 65.7 Å². The van der Waals surface area contributed by atoms with Crippen LogP contribution >= 0.6 is 23.1 Å². The van der Waals surface area contributed by atoms with Crippen molar-refractivity contribution in [2.45, 2.75) is 0 Å². The van der Waals surface area contributed by atoms with E-state index in [-0.39, 0.29) is 0 Å². The average molecular weight is 664 g/mol. The molecule has 3 aromatic heterocycles. The van der Waals surface area contributed by atoms with E-state index >= 15 is 0 Å². The SMILES string of the molecule is COc1cc(N2CCOCC2)c(-c2cnn(C)c2)cc1Nc1ncc(Br)c(Nc2ccc3ncccc3c2P(C)(C)=O)n1. The zero-order chi connectivity index (χ0) is 30.1. The van der Waals surface area contributed by atoms with Crippen molar-refractivity contribution in [3.63, 3.8) is 0 Å². The summed E-state index contributed by atoms with van der Waals surface area (Å²) in [5.41, 5.74) is 5.22. The van der Waals surface area contributed by atoms with Gasteiger partial charge in [0.15, 0.2) is 0 Å². The molecule has 0 unspecified atom stereocenters. The summed E-state index contributed by atoms with van der Waals surface area (Å²) in [5, 5.41) is 12.7. The number of anilines is 5. The molecule has 43 heavy (non-hydrogen) atoms. The van der Waals surface area contributed by atoms with E-state index in [0.717, 1.165) is 46.1 Å². The Morgan fingerprint density at radius 2 is 1.86 bits per heavy atom. The van der Waals surface area contributed by atoms with Crippen LogP contribution in [-0.2, 0) is 16.3 Å². The predicted octanol–water partition coefficient (Wildman–Crippen LogP) is 5.77. The van der Waals surface area contributed by atoms with Gasteiger partial charge >= 0.3 is 0 Å². The third-order valence-corrected chi connectivity index (χ3v) is 9.36. The Morgan fingerprint density at radius 1 is 1.05 bits per heavy atom. The molecule has 1 saturated heterocycles. The Kier molecular flexibility index (Phi) is 8.09. The maximum Gasteiger partial charge on any atom is 0.229 e. The van der Waals surface area contributed by atoms with Crippen molar-refractivity contribution in [2.75, 3.05) is 62.3 Å². The second kappa shape index (κ2) is 11.9. The number of nitrogens with zero attached hydrogens (tertiary/aromatic N) is 6. The van der Waals surface area contributed by atoms with Crippen LogP contribution in [0, 0.1) is 0 Å². The summed E-state index contributed by atoms with van der Waals surface area (Å²) in [4.78, 5) is 16.0. The molecule has 2 aromatic carbocycles. The number of hydrogen-bond donors (Lipinski definition) is 2. The number of halogens is 1. The number of aryl methyl sites for hydroxylation is 1. The Labute approximate surface area is 258 Å². The third kappa shape index (κ3) is 6.08. The largest absolute Gasteiger partial charge is 0.494 e. The fourth-order valence-electron chi connectivity index (χ4n) is 5.27. The van der Waals surface area contributed by atoms with Gasteiger partial charge in [-0.25, -0.2) is 4.98 Å². The van der Waals surface area contributed by atoms with Gasteiger partial charge in [0.05, 0.1) is 47.9 Å². The number of fused-ring (bicyclic) bond motifs is 1. The van der Waals surface area contributed by atoms with Gasteiger partial charge in [-0.2, -0.15) is 10.1 Å². The maximum atomic E-state index is 13.4. The number of aromatic nitrogens is 5. The maximum absolute atomic E-state index is 13.4. The summed E-state index contributed by atoms with van der Waals surface area (Å²) < 4.78 is 27.3. The van der Waals surface area contributed by atoms with E-state index in [1.165, 1.54) is 0 Å². The van der Waals surface area contributed by atoms with E-state index in [0.29, 0.717) is 46.6 Å². The van der Waals surface area contributed by atoms with Crippen LogP contribution in [0.4, 0.5) is 28.8 Å². The van der Waals surface area contributed by atoms with Gasteiger partial charge in [-0.3, -0.25) is 9.67 Å². The van der Waals surface area contributed by atoms with E-state index in [1.807, 2.05) is 55.8 Å². The van der Waals surface area contributed by atoms with Gasteiger partial charge in [0.25, 0.3) is 0 Å². The molecule has 0 aliphatic carbocycles. The lowest BCUT2D eigenvalue weighted by Gasteiger charge is -2.31. The number of benzene rings is 2. The number of pyridine rings is 1. The summed E-state index contributed by atoms with van der Waals surface area (Å²) in [6, 6.07) is 11.7. The minimum atomic E-state index is -2.69. The normalized spacial score (nSPS) is 13.7. The molecule has 0 saturated carbocycles. The molecule has 4 heterocycles. The van der Waals surface area contributed by atoms with Crippen molar-refractivity contribution in [3.05, 3.63) is 65.7 Å². The quantitative estimate of drug-likeness (QED) is 0.198. The first-order valence-electron chi connectivity index (χ1n) is 13.7. The third-order valence-electron chi connectivity index (χ3n) is 7.22. The van der Waals surface area contributed by atoms with Crippen LogP contribution in [0.2, 0.25) is 0 Å². The fraction of sp³-hybridized carbons (Fsp3) is 0.267. The van der Waals surface area contributed by atoms with Gasteiger partial charge in [-0.05, 0) is 53.5 Å². The van der Waals surface area contributed by atoms with E-state index in [1.54, 1.807) is 37.5 Å². The number of morpholine rings is 1. The summed E-state index contributed by atoms with van der Waals surface area (Å²) in [6.07, 6.45) is 7.25. The number of hydrogen-bond acceptors (Lipinski definition) is 10. The van der Waals surface area contributed by atoms with E-state index in [9.17, 15) is 4.57 Å². The molecule has 6 rings (SSSR count). The minimum Gasteiger partial charge on any atom is -0.494 e. The molecule has 0 amide bonds. The second-order valence-electron chi connectivity index (χ2n) is 10.6. The zero-order valence-corrected chi connectivity index (χ0v) is 26.8. The molecule has 222 valence electrons. The van der Waals surface area contributed by atoms with Crippen molar-refractivity contribution in [1.29, 1.82) is 0 Å². The van der Waals surface area contributed by atoms with Crippen molar-refractivity contribution in [2.24, 2.45) is 7.05 Å². The molecule has 1 aliphatic rings. The Hall–Kier alpha value is -3.99. The van der Waals surface area contributed by atoms with E-state index < -0.39 is 7.14 Å². The molecular formula is C30H32BrN8O3P. The lowest BCUT2D eigenvalue weighted by Crippen LogP contribution is -2.36. The standard InChI is InChI=1S/C30H32BrN8O3P/c1-38-18-19(16-34-38)21-14-25(27(41-2)15-26(21)39-10-12-42-13-11-39)36-30-33-17-22(31)29(37-30)35-24-8-7-23-20(6-5-9-32-23)28(24)43(3,4)40/h5-9,14-18H,10-13H2,1-4H3,(H2,33,35,36,37). The molecule has 13 heteroatoms. The number of methoxy groups -OCH3 is 1. The summed E-state index contributed by atoms with van der Waals surface area (Å²) in [5.74, 6) is 1.53. The van der Waals surface area contributed by atoms with Crippen molar-refractivity contribution >= 4 is 68.1 Å². The molecule has 0 radical (unpaired) electrons. The van der Waals surface area contributed by atoms with E-state index in [2.05, 4.69) is 46.5 Å². The highest BCUT2D eigenvalue weighted by Gasteiger charge is 2.23. The molecule has 0 spiro atoms. The first-order valence-corrected chi connectivity index (χ1v) is 17.1. The first kappa shape index (κ1) is 29.1. The van der Waals surface area contributed by atoms with E-state index in [4.69, 9.17) is 14.5 Å². The molecule has 2 N–H and O–H groups in total. The van der Waals surface area contributed by atoms with Crippen molar-refractivity contribution in [1.82, 2.24) is 24.7 Å². The molecule has 1 aliphatic heterocycles. The van der Waals surface area contributed by atoms with Crippen molar-refractivity contribution < 1.29 is 14.0 Å². The van der Waals surface area contributed by atoms with Gasteiger partial charge in [0.1, 0.15) is 18.7 Å². The minimum absolute atomic E-state index is 0.362. The molecule has 11 nitrogen and oxygen atoms in total. The Morgan fingerprint density at radius 3 is 2.58 bits per heavy atom. The van der Waals surface area contributed by atoms with Gasteiger partial charge in [0, 0.05) is 72.3 Å². The molecule has 0 atom stereocenters. The van der Waals surface area contributed by atoms with Crippen LogP contribution < -0.4 is 25.6 Å². The fourth-order valence-corrected chi connectivity index (χ4v) is 7.04. The summed E-state index contributed by atoms with van der Waals surface area (Å²) in [7, 11) is 0.854. The lowest BCUT2D eigenvalue weighted by atomic mass is 10.0. The Balaban J connectivity index is 1.38. The Bertz CT molecular complexity index is 1850. The second-order valence-corrected chi connectivity index (χ2v) is 14.6. The average Bonchev–Trinajstić information content (AvgIpc) is 3.44. The topological polar surface area (TPSA) is 119 Å². The van der Waals surface area contributed by atoms with Gasteiger partial charge in [-0.1, -0.05) is 6.07 Å². The van der Waals surface area contributed by atoms with Crippen LogP contribution in [0.1, 0.15) is 0 Å².